The van der Waals surface area contributed by atoms with Crippen LogP contribution >= 0.6 is 0 Å². The summed E-state index contributed by atoms with van der Waals surface area (Å²) in [5, 5.41) is 13.2. The number of hydrogen-bond acceptors (Lipinski definition) is 4. The van der Waals surface area contributed by atoms with Crippen molar-refractivity contribution in [1.29, 1.82) is 5.26 Å². The van der Waals surface area contributed by atoms with Crippen molar-refractivity contribution in [2.24, 2.45) is 0 Å². The number of nitrogens with zero attached hydrogens (tertiary/aromatic N) is 4. The second-order valence-corrected chi connectivity index (χ2v) is 6.26. The number of amides is 1. The first kappa shape index (κ1) is 19.5. The van der Waals surface area contributed by atoms with Gasteiger partial charge in [0.05, 0.1) is 31.3 Å². The Morgan fingerprint density at radius 3 is 2.73 bits per heavy atom. The summed E-state index contributed by atoms with van der Waals surface area (Å²) in [5.41, 5.74) is 3.08. The first-order valence-electron chi connectivity index (χ1n) is 8.84. The van der Waals surface area contributed by atoms with Gasteiger partial charge < -0.3 is 9.64 Å². The van der Waals surface area contributed by atoms with Gasteiger partial charge in [0, 0.05) is 19.2 Å². The maximum absolute atomic E-state index is 12.4. The summed E-state index contributed by atoms with van der Waals surface area (Å²) in [6, 6.07) is 11.7. The molecule has 1 aromatic heterocycles. The molecule has 2 aromatic rings. The number of benzene rings is 1. The summed E-state index contributed by atoms with van der Waals surface area (Å²) in [4.78, 5) is 14.1. The van der Waals surface area contributed by atoms with Gasteiger partial charge in [-0.1, -0.05) is 18.2 Å². The monoisotopic (exact) mass is 354 g/mol. The van der Waals surface area contributed by atoms with Crippen LogP contribution in [0.3, 0.4) is 0 Å². The summed E-state index contributed by atoms with van der Waals surface area (Å²) in [5.74, 6) is 0.898. The Labute approximate surface area is 155 Å². The molecular formula is C20H26N4O2. The Balaban J connectivity index is 1.80. The van der Waals surface area contributed by atoms with Crippen molar-refractivity contribution < 1.29 is 9.53 Å². The molecule has 1 aromatic carbocycles. The van der Waals surface area contributed by atoms with Crippen molar-refractivity contribution in [3.05, 3.63) is 47.3 Å². The summed E-state index contributed by atoms with van der Waals surface area (Å²) >= 11 is 0. The van der Waals surface area contributed by atoms with Crippen LogP contribution in [0.5, 0.6) is 5.75 Å². The highest BCUT2D eigenvalue weighted by atomic mass is 16.5. The molecule has 0 atom stereocenters. The van der Waals surface area contributed by atoms with Crippen LogP contribution < -0.4 is 4.74 Å². The normalized spacial score (nSPS) is 10.4. The molecule has 0 aliphatic heterocycles. The maximum atomic E-state index is 12.4. The van der Waals surface area contributed by atoms with E-state index in [-0.39, 0.29) is 5.91 Å². The van der Waals surface area contributed by atoms with E-state index >= 15 is 0 Å². The number of rotatable bonds is 9. The lowest BCUT2D eigenvalue weighted by Crippen LogP contribution is -2.31. The molecule has 1 amide bonds. The van der Waals surface area contributed by atoms with Crippen LogP contribution in [0.2, 0.25) is 0 Å². The van der Waals surface area contributed by atoms with E-state index < -0.39 is 0 Å². The van der Waals surface area contributed by atoms with Crippen molar-refractivity contribution in [2.75, 3.05) is 20.2 Å². The Kier molecular flexibility index (Phi) is 7.22. The zero-order valence-corrected chi connectivity index (χ0v) is 15.7. The molecule has 0 spiro atoms. The van der Waals surface area contributed by atoms with Crippen molar-refractivity contribution in [2.45, 2.75) is 39.7 Å². The molecule has 6 nitrogen and oxygen atoms in total. The number of nitriles is 1. The lowest BCUT2D eigenvalue weighted by atomic mass is 10.1. The van der Waals surface area contributed by atoms with E-state index in [9.17, 15) is 4.79 Å². The number of ether oxygens (including phenoxy) is 1. The fourth-order valence-corrected chi connectivity index (χ4v) is 2.83. The Bertz CT molecular complexity index is 762. The van der Waals surface area contributed by atoms with E-state index in [1.165, 1.54) is 0 Å². The number of para-hydroxylation sites is 1. The summed E-state index contributed by atoms with van der Waals surface area (Å²) < 4.78 is 7.49. The van der Waals surface area contributed by atoms with Crippen molar-refractivity contribution >= 4 is 5.91 Å². The SMILES string of the molecule is Cc1nn(CCC#N)c(C)c1CCC(=O)N(C)CCOc1ccccc1. The molecule has 0 fully saturated rings. The van der Waals surface area contributed by atoms with Crippen LogP contribution in [-0.4, -0.2) is 40.8 Å². The van der Waals surface area contributed by atoms with Gasteiger partial charge in [-0.05, 0) is 38.0 Å². The van der Waals surface area contributed by atoms with Crippen LogP contribution in [-0.2, 0) is 17.8 Å². The van der Waals surface area contributed by atoms with Gasteiger partial charge in [0.2, 0.25) is 5.91 Å². The van der Waals surface area contributed by atoms with Gasteiger partial charge in [-0.15, -0.1) is 0 Å². The topological polar surface area (TPSA) is 71.2 Å². The van der Waals surface area contributed by atoms with E-state index in [1.54, 1.807) is 11.9 Å². The number of carbonyl (C=O) groups excluding carboxylic acids is 1. The average molecular weight is 354 g/mol. The molecule has 0 bridgehead atoms. The standard InChI is InChI=1S/C20H26N4O2/c1-16-19(17(2)24(22-16)13-7-12-21)10-11-20(25)23(3)14-15-26-18-8-5-4-6-9-18/h4-6,8-9H,7,10-11,13-15H2,1-3H3. The van der Waals surface area contributed by atoms with Crippen LogP contribution in [0.1, 0.15) is 29.8 Å². The minimum Gasteiger partial charge on any atom is -0.492 e. The lowest BCUT2D eigenvalue weighted by Gasteiger charge is -2.17. The van der Waals surface area contributed by atoms with Crippen LogP contribution in [0, 0.1) is 25.2 Å². The minimum absolute atomic E-state index is 0.0882. The van der Waals surface area contributed by atoms with E-state index in [0.717, 1.165) is 22.7 Å². The highest BCUT2D eigenvalue weighted by Gasteiger charge is 2.15. The molecular weight excluding hydrogens is 328 g/mol. The molecule has 0 unspecified atom stereocenters. The highest BCUT2D eigenvalue weighted by molar-refractivity contribution is 5.76. The smallest absolute Gasteiger partial charge is 0.222 e. The van der Waals surface area contributed by atoms with Gasteiger partial charge in [-0.2, -0.15) is 10.4 Å². The molecule has 0 saturated heterocycles. The third-order valence-electron chi connectivity index (χ3n) is 4.42. The van der Waals surface area contributed by atoms with Gasteiger partial charge in [0.25, 0.3) is 0 Å². The summed E-state index contributed by atoms with van der Waals surface area (Å²) in [6.07, 6.45) is 1.53. The summed E-state index contributed by atoms with van der Waals surface area (Å²) in [6.45, 7) is 5.55. The van der Waals surface area contributed by atoms with E-state index in [1.807, 2.05) is 48.9 Å². The molecule has 0 radical (unpaired) electrons. The quantitative estimate of drug-likeness (QED) is 0.694. The van der Waals surface area contributed by atoms with Crippen molar-refractivity contribution in [3.63, 3.8) is 0 Å². The largest absolute Gasteiger partial charge is 0.492 e. The highest BCUT2D eigenvalue weighted by Crippen LogP contribution is 2.16. The number of aryl methyl sites for hydroxylation is 2. The van der Waals surface area contributed by atoms with Gasteiger partial charge >= 0.3 is 0 Å². The Hall–Kier alpha value is -2.81. The molecule has 0 aliphatic rings. The van der Waals surface area contributed by atoms with E-state index in [0.29, 0.717) is 39.0 Å². The fraction of sp³-hybridized carbons (Fsp3) is 0.450. The first-order chi connectivity index (χ1) is 12.5. The minimum atomic E-state index is 0.0882. The van der Waals surface area contributed by atoms with Crippen molar-refractivity contribution in [1.82, 2.24) is 14.7 Å². The van der Waals surface area contributed by atoms with Gasteiger partial charge in [-0.3, -0.25) is 9.48 Å². The number of carbonyl (C=O) groups is 1. The van der Waals surface area contributed by atoms with Crippen LogP contribution in [0.25, 0.3) is 0 Å². The predicted molar refractivity (Wildman–Crippen MR) is 99.8 cm³/mol. The Morgan fingerprint density at radius 2 is 2.04 bits per heavy atom. The number of likely N-dealkylation sites (N-methyl/N-ethyl adjacent to an activating group) is 1. The van der Waals surface area contributed by atoms with Gasteiger partial charge in [-0.25, -0.2) is 0 Å². The third kappa shape index (κ3) is 5.35. The van der Waals surface area contributed by atoms with Crippen LogP contribution in [0.4, 0.5) is 0 Å². The van der Waals surface area contributed by atoms with Crippen LogP contribution in [0.15, 0.2) is 30.3 Å². The zero-order chi connectivity index (χ0) is 18.9. The third-order valence-corrected chi connectivity index (χ3v) is 4.42. The summed E-state index contributed by atoms with van der Waals surface area (Å²) in [7, 11) is 1.80. The molecule has 0 saturated carbocycles. The Morgan fingerprint density at radius 1 is 1.31 bits per heavy atom. The molecule has 2 rings (SSSR count). The van der Waals surface area contributed by atoms with Gasteiger partial charge in [0.15, 0.2) is 0 Å². The molecule has 0 N–H and O–H groups in total. The molecule has 0 aliphatic carbocycles. The number of hydrogen-bond donors (Lipinski definition) is 0. The lowest BCUT2D eigenvalue weighted by molar-refractivity contribution is -0.130. The molecule has 1 heterocycles. The van der Waals surface area contributed by atoms with Gasteiger partial charge in [0.1, 0.15) is 12.4 Å². The van der Waals surface area contributed by atoms with E-state index in [2.05, 4.69) is 11.2 Å². The predicted octanol–water partition coefficient (Wildman–Crippen LogP) is 2.88. The fourth-order valence-electron chi connectivity index (χ4n) is 2.83. The first-order valence-corrected chi connectivity index (χ1v) is 8.84. The second-order valence-electron chi connectivity index (χ2n) is 6.26. The second kappa shape index (κ2) is 9.62. The molecule has 6 heteroatoms. The maximum Gasteiger partial charge on any atom is 0.222 e. The van der Waals surface area contributed by atoms with Crippen molar-refractivity contribution in [3.8, 4) is 11.8 Å². The average Bonchev–Trinajstić information content (AvgIpc) is 2.92. The number of aromatic nitrogens is 2. The zero-order valence-electron chi connectivity index (χ0n) is 15.7. The van der Waals surface area contributed by atoms with E-state index in [4.69, 9.17) is 10.00 Å². The molecule has 138 valence electrons. The molecule has 26 heavy (non-hydrogen) atoms.